The van der Waals surface area contributed by atoms with E-state index in [0.29, 0.717) is 22.7 Å². The summed E-state index contributed by atoms with van der Waals surface area (Å²) in [4.78, 5) is 11.8. The molecule has 0 radical (unpaired) electrons. The van der Waals surface area contributed by atoms with E-state index in [1.165, 1.54) is 0 Å². The third-order valence-electron chi connectivity index (χ3n) is 2.35. The predicted molar refractivity (Wildman–Crippen MR) is 69.2 cm³/mol. The van der Waals surface area contributed by atoms with E-state index in [1.807, 2.05) is 0 Å². The van der Waals surface area contributed by atoms with E-state index in [4.69, 9.17) is 10.2 Å². The summed E-state index contributed by atoms with van der Waals surface area (Å²) in [5.74, 6) is 0.302. The van der Waals surface area contributed by atoms with Crippen LogP contribution < -0.4 is 11.2 Å². The molecule has 0 saturated heterocycles. The van der Waals surface area contributed by atoms with Gasteiger partial charge < -0.3 is 10.2 Å². The van der Waals surface area contributed by atoms with E-state index in [-0.39, 0.29) is 5.91 Å². The number of hydrogen-bond acceptors (Lipinski definition) is 4. The van der Waals surface area contributed by atoms with Gasteiger partial charge in [-0.2, -0.15) is 5.10 Å². The van der Waals surface area contributed by atoms with Gasteiger partial charge in [0.15, 0.2) is 0 Å². The van der Waals surface area contributed by atoms with Gasteiger partial charge in [-0.05, 0) is 37.3 Å². The molecule has 5 nitrogen and oxygen atoms in total. The third-order valence-corrected chi connectivity index (χ3v) is 2.35. The number of nitrogens with two attached hydrogens (primary N) is 1. The number of benzene rings is 1. The molecule has 0 atom stereocenters. The zero-order valence-corrected chi connectivity index (χ0v) is 9.88. The van der Waals surface area contributed by atoms with Crippen LogP contribution in [0.4, 0.5) is 5.69 Å². The molecule has 1 aromatic heterocycles. The Labute approximate surface area is 104 Å². The number of anilines is 1. The van der Waals surface area contributed by atoms with E-state index in [0.717, 1.165) is 0 Å². The third kappa shape index (κ3) is 2.76. The summed E-state index contributed by atoms with van der Waals surface area (Å²) in [6.07, 6.45) is 1.55. The monoisotopic (exact) mass is 243 g/mol. The van der Waals surface area contributed by atoms with Crippen LogP contribution in [0.2, 0.25) is 0 Å². The molecule has 0 saturated carbocycles. The van der Waals surface area contributed by atoms with Gasteiger partial charge in [0.2, 0.25) is 0 Å². The summed E-state index contributed by atoms with van der Waals surface area (Å²) >= 11 is 0. The molecule has 18 heavy (non-hydrogen) atoms. The average Bonchev–Trinajstić information content (AvgIpc) is 2.89. The quantitative estimate of drug-likeness (QED) is 0.491. The number of carbonyl (C=O) groups is 1. The van der Waals surface area contributed by atoms with Gasteiger partial charge in [-0.25, -0.2) is 5.43 Å². The summed E-state index contributed by atoms with van der Waals surface area (Å²) in [5.41, 5.74) is 9.64. The molecule has 92 valence electrons. The fourth-order valence-electron chi connectivity index (χ4n) is 1.42. The zero-order chi connectivity index (χ0) is 13.0. The summed E-state index contributed by atoms with van der Waals surface area (Å²) < 4.78 is 5.15. The Morgan fingerprint density at radius 2 is 2.17 bits per heavy atom. The summed E-state index contributed by atoms with van der Waals surface area (Å²) in [7, 11) is 0. The van der Waals surface area contributed by atoms with Gasteiger partial charge in [0, 0.05) is 11.3 Å². The summed E-state index contributed by atoms with van der Waals surface area (Å²) in [5, 5.41) is 3.96. The Hall–Kier alpha value is -2.56. The number of nitrogen functional groups attached to an aromatic ring is 1. The molecule has 1 heterocycles. The molecule has 2 aromatic rings. The fraction of sp³-hybridized carbons (Fsp3) is 0.0769. The van der Waals surface area contributed by atoms with Crippen LogP contribution >= 0.6 is 0 Å². The highest BCUT2D eigenvalue weighted by Gasteiger charge is 2.05. The van der Waals surface area contributed by atoms with E-state index in [2.05, 4.69) is 10.5 Å². The summed E-state index contributed by atoms with van der Waals surface area (Å²) in [6.45, 7) is 1.75. The Morgan fingerprint density at radius 3 is 2.83 bits per heavy atom. The smallest absolute Gasteiger partial charge is 0.271 e. The van der Waals surface area contributed by atoms with Crippen LogP contribution in [-0.2, 0) is 0 Å². The van der Waals surface area contributed by atoms with Crippen molar-refractivity contribution in [2.24, 2.45) is 5.10 Å². The molecule has 5 heteroatoms. The highest BCUT2D eigenvalue weighted by Crippen LogP contribution is 2.06. The minimum atomic E-state index is -0.312. The van der Waals surface area contributed by atoms with Crippen LogP contribution in [0, 0.1) is 0 Å². The fourth-order valence-corrected chi connectivity index (χ4v) is 1.42. The lowest BCUT2D eigenvalue weighted by atomic mass is 10.2. The lowest BCUT2D eigenvalue weighted by Gasteiger charge is -2.02. The van der Waals surface area contributed by atoms with Crippen molar-refractivity contribution in [1.82, 2.24) is 5.43 Å². The normalized spacial score (nSPS) is 11.3. The van der Waals surface area contributed by atoms with Gasteiger partial charge in [-0.15, -0.1) is 0 Å². The van der Waals surface area contributed by atoms with Gasteiger partial charge >= 0.3 is 0 Å². The number of nitrogens with one attached hydrogen (secondary N) is 1. The molecule has 0 fully saturated rings. The standard InChI is InChI=1S/C13H13N3O2/c1-9(12-6-3-7-18-12)15-16-13(17)10-4-2-5-11(14)8-10/h2-8H,14H2,1H3,(H,16,17). The molecule has 0 aliphatic rings. The molecule has 2 rings (SSSR count). The van der Waals surface area contributed by atoms with Crippen molar-refractivity contribution in [2.75, 3.05) is 5.73 Å². The molecular weight excluding hydrogens is 230 g/mol. The van der Waals surface area contributed by atoms with Crippen molar-refractivity contribution < 1.29 is 9.21 Å². The maximum atomic E-state index is 11.8. The second-order valence-corrected chi connectivity index (χ2v) is 3.74. The molecule has 0 aliphatic heterocycles. The van der Waals surface area contributed by atoms with Gasteiger partial charge in [-0.3, -0.25) is 4.79 Å². The van der Waals surface area contributed by atoms with Crippen molar-refractivity contribution in [3.05, 3.63) is 54.0 Å². The SMILES string of the molecule is CC(=NNC(=O)c1cccc(N)c1)c1ccco1. The number of furan rings is 1. The summed E-state index contributed by atoms with van der Waals surface area (Å²) in [6, 6.07) is 10.2. The Morgan fingerprint density at radius 1 is 1.33 bits per heavy atom. The van der Waals surface area contributed by atoms with Gasteiger partial charge in [0.25, 0.3) is 5.91 Å². The lowest BCUT2D eigenvalue weighted by Crippen LogP contribution is -2.19. The van der Waals surface area contributed by atoms with Crippen LogP contribution in [-0.4, -0.2) is 11.6 Å². The highest BCUT2D eigenvalue weighted by molar-refractivity contribution is 5.99. The first-order valence-electron chi connectivity index (χ1n) is 5.41. The van der Waals surface area contributed by atoms with Crippen LogP contribution in [0.5, 0.6) is 0 Å². The number of amides is 1. The number of hydrogen-bond donors (Lipinski definition) is 2. The second kappa shape index (κ2) is 5.18. The molecular formula is C13H13N3O2. The van der Waals surface area contributed by atoms with E-state index < -0.39 is 0 Å². The lowest BCUT2D eigenvalue weighted by molar-refractivity contribution is 0.0955. The molecule has 0 unspecified atom stereocenters. The van der Waals surface area contributed by atoms with Crippen molar-refractivity contribution >= 4 is 17.3 Å². The minimum Gasteiger partial charge on any atom is -0.463 e. The maximum absolute atomic E-state index is 11.8. The second-order valence-electron chi connectivity index (χ2n) is 3.74. The van der Waals surface area contributed by atoms with Gasteiger partial charge in [0.05, 0.1) is 6.26 Å². The topological polar surface area (TPSA) is 80.6 Å². The molecule has 0 spiro atoms. The van der Waals surface area contributed by atoms with Gasteiger partial charge in [-0.1, -0.05) is 6.07 Å². The molecule has 3 N–H and O–H groups in total. The van der Waals surface area contributed by atoms with Crippen LogP contribution in [0.15, 0.2) is 52.2 Å². The molecule has 1 amide bonds. The average molecular weight is 243 g/mol. The van der Waals surface area contributed by atoms with E-state index in [9.17, 15) is 4.79 Å². The van der Waals surface area contributed by atoms with E-state index >= 15 is 0 Å². The number of nitrogens with zero attached hydrogens (tertiary/aromatic N) is 1. The molecule has 0 bridgehead atoms. The van der Waals surface area contributed by atoms with E-state index in [1.54, 1.807) is 49.6 Å². The highest BCUT2D eigenvalue weighted by atomic mass is 16.3. The first-order valence-corrected chi connectivity index (χ1v) is 5.41. The number of carbonyl (C=O) groups excluding carboxylic acids is 1. The predicted octanol–water partition coefficient (Wildman–Crippen LogP) is 2.02. The van der Waals surface area contributed by atoms with Crippen LogP contribution in [0.3, 0.4) is 0 Å². The first-order chi connectivity index (χ1) is 8.66. The Balaban J connectivity index is 2.07. The number of rotatable bonds is 3. The van der Waals surface area contributed by atoms with Gasteiger partial charge in [0.1, 0.15) is 11.5 Å². The van der Waals surface area contributed by atoms with Crippen molar-refractivity contribution in [3.63, 3.8) is 0 Å². The van der Waals surface area contributed by atoms with Crippen molar-refractivity contribution in [2.45, 2.75) is 6.92 Å². The molecule has 0 aliphatic carbocycles. The first kappa shape index (κ1) is 11.9. The largest absolute Gasteiger partial charge is 0.463 e. The van der Waals surface area contributed by atoms with Crippen LogP contribution in [0.1, 0.15) is 23.0 Å². The maximum Gasteiger partial charge on any atom is 0.271 e. The Bertz CT molecular complexity index is 574. The van der Waals surface area contributed by atoms with Crippen LogP contribution in [0.25, 0.3) is 0 Å². The van der Waals surface area contributed by atoms with Crippen molar-refractivity contribution in [3.8, 4) is 0 Å². The van der Waals surface area contributed by atoms with Crippen molar-refractivity contribution in [1.29, 1.82) is 0 Å². The molecule has 1 aromatic carbocycles. The minimum absolute atomic E-state index is 0.312. The zero-order valence-electron chi connectivity index (χ0n) is 9.88. The Kier molecular flexibility index (Phi) is 3.43. The number of hydrazone groups is 1.